The average Bonchev–Trinajstić information content (AvgIpc) is 2.56. The predicted octanol–water partition coefficient (Wildman–Crippen LogP) is 5.18. The average molecular weight is 333 g/mol. The molecule has 0 nitrogen and oxygen atoms in total. The smallest absolute Gasteiger partial charge is 0.0695 e. The number of rotatable bonds is 0. The fraction of sp³-hybridized carbons (Fsp3) is 0.100. The van der Waals surface area contributed by atoms with E-state index in [0.717, 1.165) is 0 Å². The Labute approximate surface area is 132 Å². The summed E-state index contributed by atoms with van der Waals surface area (Å²) in [5.41, 5.74) is 8.50. The quantitative estimate of drug-likeness (QED) is 0.497. The molecule has 100 valence electrons. The predicted molar refractivity (Wildman–Crippen MR) is 89.1 cm³/mol. The van der Waals surface area contributed by atoms with Crippen LogP contribution in [-0.2, 0) is 4.32 Å². The van der Waals surface area contributed by atoms with Crippen molar-refractivity contribution < 1.29 is 0 Å². The molecule has 3 aliphatic carbocycles. The zero-order valence-corrected chi connectivity index (χ0v) is 13.0. The normalized spacial score (nSPS) is 24.1. The zero-order valence-electron chi connectivity index (χ0n) is 11.4. The first-order chi connectivity index (χ1) is 10.3. The number of hydrogen-bond acceptors (Lipinski definition) is 0. The van der Waals surface area contributed by atoms with Crippen LogP contribution in [0, 0.1) is 0 Å². The Morgan fingerprint density at radius 3 is 1.29 bits per heavy atom. The minimum absolute atomic E-state index is 0.203. The SMILES string of the molecule is BrC12c3ccccc3C(c3ccccc31)c1ccccc12. The van der Waals surface area contributed by atoms with Crippen molar-refractivity contribution in [2.24, 2.45) is 0 Å². The summed E-state index contributed by atoms with van der Waals surface area (Å²) < 4.78 is -0.203. The lowest BCUT2D eigenvalue weighted by Gasteiger charge is -2.47. The fourth-order valence-electron chi connectivity index (χ4n) is 4.13. The Bertz CT molecular complexity index is 763. The lowest BCUT2D eigenvalue weighted by molar-refractivity contribution is 0.724. The molecular formula is C20H13Br. The Hall–Kier alpha value is -1.86. The van der Waals surface area contributed by atoms with Crippen LogP contribution in [0.5, 0.6) is 0 Å². The Kier molecular flexibility index (Phi) is 2.16. The minimum atomic E-state index is -0.203. The van der Waals surface area contributed by atoms with E-state index in [1.807, 2.05) is 0 Å². The van der Waals surface area contributed by atoms with Gasteiger partial charge < -0.3 is 0 Å². The van der Waals surface area contributed by atoms with Gasteiger partial charge in [0, 0.05) is 5.92 Å². The number of hydrogen-bond donors (Lipinski definition) is 0. The molecule has 6 rings (SSSR count). The summed E-state index contributed by atoms with van der Waals surface area (Å²) in [7, 11) is 0. The van der Waals surface area contributed by atoms with Crippen LogP contribution in [-0.4, -0.2) is 0 Å². The highest BCUT2D eigenvalue weighted by Crippen LogP contribution is 2.61. The van der Waals surface area contributed by atoms with Gasteiger partial charge in [0.05, 0.1) is 0 Å². The third-order valence-electron chi connectivity index (χ3n) is 4.93. The molecule has 0 heterocycles. The molecule has 1 heteroatoms. The summed E-state index contributed by atoms with van der Waals surface area (Å²) in [5.74, 6) is 0.369. The highest BCUT2D eigenvalue weighted by Gasteiger charge is 2.49. The second kappa shape index (κ2) is 3.86. The summed E-state index contributed by atoms with van der Waals surface area (Å²) in [6, 6.07) is 26.5. The van der Waals surface area contributed by atoms with Gasteiger partial charge in [-0.1, -0.05) is 88.7 Å². The first kappa shape index (κ1) is 11.8. The summed E-state index contributed by atoms with van der Waals surface area (Å²) in [6.07, 6.45) is 0. The molecular weight excluding hydrogens is 320 g/mol. The van der Waals surface area contributed by atoms with E-state index in [2.05, 4.69) is 88.7 Å². The number of benzene rings is 3. The molecule has 3 aliphatic rings. The molecule has 3 aromatic rings. The first-order valence-electron chi connectivity index (χ1n) is 7.29. The number of alkyl halides is 1. The van der Waals surface area contributed by atoms with Gasteiger partial charge in [0.1, 0.15) is 4.32 Å². The van der Waals surface area contributed by atoms with E-state index in [1.165, 1.54) is 33.4 Å². The standard InChI is InChI=1S/C20H13Br/c21-20-16-10-4-1-7-13(16)19(14-8-2-5-11-17(14)20)15-9-3-6-12-18(15)20/h1-12,19H. The maximum atomic E-state index is 4.13. The van der Waals surface area contributed by atoms with Gasteiger partial charge >= 0.3 is 0 Å². The van der Waals surface area contributed by atoms with Crippen LogP contribution in [0.15, 0.2) is 72.8 Å². The second-order valence-corrected chi connectivity index (χ2v) is 7.04. The molecule has 0 radical (unpaired) electrons. The monoisotopic (exact) mass is 332 g/mol. The van der Waals surface area contributed by atoms with Crippen molar-refractivity contribution in [3.05, 3.63) is 106 Å². The Morgan fingerprint density at radius 2 is 0.905 bits per heavy atom. The van der Waals surface area contributed by atoms with Crippen LogP contribution >= 0.6 is 15.9 Å². The Balaban J connectivity index is 2.00. The van der Waals surface area contributed by atoms with Crippen LogP contribution in [0.3, 0.4) is 0 Å². The van der Waals surface area contributed by atoms with E-state index in [-0.39, 0.29) is 4.32 Å². The highest BCUT2D eigenvalue weighted by atomic mass is 79.9. The summed E-state index contributed by atoms with van der Waals surface area (Å²) >= 11 is 4.13. The van der Waals surface area contributed by atoms with Gasteiger partial charge in [-0.05, 0) is 33.4 Å². The van der Waals surface area contributed by atoms with Gasteiger partial charge in [-0.3, -0.25) is 0 Å². The van der Waals surface area contributed by atoms with E-state index in [1.54, 1.807) is 0 Å². The summed E-state index contributed by atoms with van der Waals surface area (Å²) in [5, 5.41) is 0. The molecule has 0 N–H and O–H groups in total. The van der Waals surface area contributed by atoms with Crippen molar-refractivity contribution in [1.82, 2.24) is 0 Å². The maximum Gasteiger partial charge on any atom is 0.101 e. The van der Waals surface area contributed by atoms with Crippen molar-refractivity contribution >= 4 is 15.9 Å². The molecule has 0 atom stereocenters. The van der Waals surface area contributed by atoms with E-state index in [9.17, 15) is 0 Å². The third kappa shape index (κ3) is 1.26. The topological polar surface area (TPSA) is 0 Å². The van der Waals surface area contributed by atoms with Gasteiger partial charge in [0.25, 0.3) is 0 Å². The molecule has 21 heavy (non-hydrogen) atoms. The van der Waals surface area contributed by atoms with Crippen LogP contribution in [0.2, 0.25) is 0 Å². The summed E-state index contributed by atoms with van der Waals surface area (Å²) in [6.45, 7) is 0. The molecule has 0 saturated heterocycles. The van der Waals surface area contributed by atoms with Gasteiger partial charge in [-0.25, -0.2) is 0 Å². The van der Waals surface area contributed by atoms with Crippen LogP contribution in [0.4, 0.5) is 0 Å². The maximum absolute atomic E-state index is 4.13. The third-order valence-corrected chi connectivity index (χ3v) is 6.21. The summed E-state index contributed by atoms with van der Waals surface area (Å²) in [4.78, 5) is 0. The van der Waals surface area contributed by atoms with Gasteiger partial charge in [0.2, 0.25) is 0 Å². The zero-order chi connectivity index (χ0) is 14.0. The van der Waals surface area contributed by atoms with Crippen molar-refractivity contribution in [2.75, 3.05) is 0 Å². The molecule has 2 bridgehead atoms. The lowest BCUT2D eigenvalue weighted by atomic mass is 9.61. The lowest BCUT2D eigenvalue weighted by Crippen LogP contribution is -2.37. The highest BCUT2D eigenvalue weighted by molar-refractivity contribution is 9.10. The molecule has 0 saturated carbocycles. The van der Waals surface area contributed by atoms with E-state index < -0.39 is 0 Å². The molecule has 0 unspecified atom stereocenters. The molecule has 3 aromatic carbocycles. The Morgan fingerprint density at radius 1 is 0.571 bits per heavy atom. The van der Waals surface area contributed by atoms with Crippen LogP contribution in [0.25, 0.3) is 0 Å². The van der Waals surface area contributed by atoms with Crippen LogP contribution in [0.1, 0.15) is 39.3 Å². The molecule has 0 fully saturated rings. The van der Waals surface area contributed by atoms with Gasteiger partial charge in [-0.2, -0.15) is 0 Å². The van der Waals surface area contributed by atoms with Crippen molar-refractivity contribution in [3.8, 4) is 0 Å². The second-order valence-electron chi connectivity index (χ2n) is 5.85. The largest absolute Gasteiger partial charge is 0.101 e. The van der Waals surface area contributed by atoms with Crippen LogP contribution < -0.4 is 0 Å². The van der Waals surface area contributed by atoms with Crippen molar-refractivity contribution in [3.63, 3.8) is 0 Å². The van der Waals surface area contributed by atoms with E-state index >= 15 is 0 Å². The molecule has 0 amide bonds. The van der Waals surface area contributed by atoms with Gasteiger partial charge in [-0.15, -0.1) is 0 Å². The molecule has 0 aromatic heterocycles. The minimum Gasteiger partial charge on any atom is -0.0695 e. The van der Waals surface area contributed by atoms with E-state index in [4.69, 9.17) is 0 Å². The first-order valence-corrected chi connectivity index (χ1v) is 8.08. The molecule has 0 aliphatic heterocycles. The number of halogens is 1. The van der Waals surface area contributed by atoms with E-state index in [0.29, 0.717) is 5.92 Å². The van der Waals surface area contributed by atoms with Crippen molar-refractivity contribution in [1.29, 1.82) is 0 Å². The van der Waals surface area contributed by atoms with Gasteiger partial charge in [0.15, 0.2) is 0 Å². The molecule has 0 spiro atoms. The fourth-order valence-corrected chi connectivity index (χ4v) is 5.21. The van der Waals surface area contributed by atoms with Crippen molar-refractivity contribution in [2.45, 2.75) is 10.2 Å².